The van der Waals surface area contributed by atoms with E-state index in [2.05, 4.69) is 23.4 Å². The fourth-order valence-corrected chi connectivity index (χ4v) is 3.70. The molecular weight excluding hydrogens is 232 g/mol. The number of carbonyl (C=O) groups excluding carboxylic acids is 1. The predicted molar refractivity (Wildman–Crippen MR) is 73.3 cm³/mol. The maximum atomic E-state index is 12.2. The van der Waals surface area contributed by atoms with E-state index in [9.17, 15) is 4.79 Å². The highest BCUT2D eigenvalue weighted by molar-refractivity contribution is 7.98. The largest absolute Gasteiger partial charge is 0.342 e. The average Bonchev–Trinajstić information content (AvgIpc) is 2.78. The smallest absolute Gasteiger partial charge is 0.226 e. The predicted octanol–water partition coefficient (Wildman–Crippen LogP) is 1.59. The second-order valence-electron chi connectivity index (χ2n) is 5.61. The van der Waals surface area contributed by atoms with Gasteiger partial charge in [0.1, 0.15) is 0 Å². The second kappa shape index (κ2) is 5.61. The molecule has 2 heterocycles. The molecule has 0 aliphatic carbocycles. The third-order valence-corrected chi connectivity index (χ3v) is 5.14. The van der Waals surface area contributed by atoms with Crippen LogP contribution < -0.4 is 5.32 Å². The number of carbonyl (C=O) groups is 1. The third kappa shape index (κ3) is 2.97. The molecule has 1 spiro atoms. The van der Waals surface area contributed by atoms with Gasteiger partial charge in [-0.1, -0.05) is 6.92 Å². The molecule has 3 nitrogen and oxygen atoms in total. The summed E-state index contributed by atoms with van der Waals surface area (Å²) in [4.78, 5) is 14.3. The lowest BCUT2D eigenvalue weighted by Crippen LogP contribution is -2.46. The van der Waals surface area contributed by atoms with E-state index in [1.807, 2.05) is 0 Å². The fraction of sp³-hybridized carbons (Fsp3) is 0.923. The molecule has 0 radical (unpaired) electrons. The minimum Gasteiger partial charge on any atom is -0.342 e. The van der Waals surface area contributed by atoms with Crippen molar-refractivity contribution in [3.05, 3.63) is 0 Å². The molecule has 1 atom stereocenters. The molecule has 2 saturated heterocycles. The molecular formula is C13H24N2OS. The summed E-state index contributed by atoms with van der Waals surface area (Å²) >= 11 is 1.76. The van der Waals surface area contributed by atoms with Gasteiger partial charge in [0.15, 0.2) is 0 Å². The van der Waals surface area contributed by atoms with Gasteiger partial charge in [0.2, 0.25) is 5.91 Å². The quantitative estimate of drug-likeness (QED) is 0.832. The Hall–Kier alpha value is -0.220. The molecule has 4 heteroatoms. The highest BCUT2D eigenvalue weighted by Crippen LogP contribution is 2.37. The Morgan fingerprint density at radius 2 is 2.12 bits per heavy atom. The van der Waals surface area contributed by atoms with Crippen molar-refractivity contribution in [3.8, 4) is 0 Å². The molecule has 0 aromatic rings. The molecule has 0 bridgehead atoms. The summed E-state index contributed by atoms with van der Waals surface area (Å²) < 4.78 is 0. The van der Waals surface area contributed by atoms with Crippen molar-refractivity contribution in [1.82, 2.24) is 10.2 Å². The van der Waals surface area contributed by atoms with E-state index >= 15 is 0 Å². The van der Waals surface area contributed by atoms with Crippen LogP contribution in [-0.4, -0.2) is 49.0 Å². The number of likely N-dealkylation sites (tertiary alicyclic amines) is 1. The monoisotopic (exact) mass is 256 g/mol. The Morgan fingerprint density at radius 3 is 2.65 bits per heavy atom. The van der Waals surface area contributed by atoms with Crippen LogP contribution in [-0.2, 0) is 4.79 Å². The van der Waals surface area contributed by atoms with Crippen LogP contribution in [0.5, 0.6) is 0 Å². The summed E-state index contributed by atoms with van der Waals surface area (Å²) in [7, 11) is 0. The van der Waals surface area contributed by atoms with Crippen LogP contribution in [0.2, 0.25) is 0 Å². The minimum absolute atomic E-state index is 0.181. The first-order valence-electron chi connectivity index (χ1n) is 6.65. The highest BCUT2D eigenvalue weighted by atomic mass is 32.2. The van der Waals surface area contributed by atoms with E-state index in [1.165, 1.54) is 19.3 Å². The highest BCUT2D eigenvalue weighted by Gasteiger charge is 2.38. The topological polar surface area (TPSA) is 32.3 Å². The van der Waals surface area contributed by atoms with Crippen molar-refractivity contribution in [1.29, 1.82) is 0 Å². The number of hydrogen-bond donors (Lipinski definition) is 1. The maximum Gasteiger partial charge on any atom is 0.226 e. The van der Waals surface area contributed by atoms with Crippen molar-refractivity contribution >= 4 is 17.7 Å². The van der Waals surface area contributed by atoms with Crippen molar-refractivity contribution < 1.29 is 4.79 Å². The van der Waals surface area contributed by atoms with Gasteiger partial charge in [0.25, 0.3) is 0 Å². The molecule has 0 aromatic heterocycles. The third-order valence-electron chi connectivity index (χ3n) is 4.31. The van der Waals surface area contributed by atoms with E-state index in [0.29, 0.717) is 11.3 Å². The number of nitrogens with zero attached hydrogens (tertiary/aromatic N) is 1. The van der Waals surface area contributed by atoms with Crippen LogP contribution in [0.15, 0.2) is 0 Å². The molecule has 1 amide bonds. The first-order chi connectivity index (χ1) is 8.17. The van der Waals surface area contributed by atoms with Crippen LogP contribution in [0, 0.1) is 11.3 Å². The second-order valence-corrected chi connectivity index (χ2v) is 6.52. The Labute approximate surface area is 109 Å². The number of nitrogens with one attached hydrogen (secondary N) is 1. The summed E-state index contributed by atoms with van der Waals surface area (Å²) in [5, 5.41) is 3.46. The first-order valence-corrected chi connectivity index (χ1v) is 8.05. The molecule has 2 aliphatic rings. The van der Waals surface area contributed by atoms with Crippen LogP contribution in [0.1, 0.15) is 26.2 Å². The fourth-order valence-electron chi connectivity index (χ4n) is 3.06. The summed E-state index contributed by atoms with van der Waals surface area (Å²) in [5.41, 5.74) is 0.513. The van der Waals surface area contributed by atoms with E-state index < -0.39 is 0 Å². The normalized spacial score (nSPS) is 25.2. The Bertz CT molecular complexity index is 267. The Balaban J connectivity index is 1.84. The summed E-state index contributed by atoms with van der Waals surface area (Å²) in [6, 6.07) is 0. The lowest BCUT2D eigenvalue weighted by Gasteiger charge is -2.39. The van der Waals surface area contributed by atoms with Crippen LogP contribution in [0.4, 0.5) is 0 Å². The standard InChI is InChI=1S/C13H24N2OS/c1-11(9-17-2)12(16)15-7-4-13(5-8-15)3-6-14-10-13/h11,14H,3-10H2,1-2H3. The van der Waals surface area contributed by atoms with Crippen molar-refractivity contribution in [2.24, 2.45) is 11.3 Å². The van der Waals surface area contributed by atoms with Gasteiger partial charge in [-0.05, 0) is 37.5 Å². The molecule has 2 aliphatic heterocycles. The number of amides is 1. The molecule has 1 unspecified atom stereocenters. The van der Waals surface area contributed by atoms with Gasteiger partial charge in [0, 0.05) is 31.3 Å². The van der Waals surface area contributed by atoms with Gasteiger partial charge in [-0.2, -0.15) is 11.8 Å². The zero-order valence-corrected chi connectivity index (χ0v) is 11.8. The molecule has 17 heavy (non-hydrogen) atoms. The maximum absolute atomic E-state index is 12.2. The van der Waals surface area contributed by atoms with Crippen LogP contribution >= 0.6 is 11.8 Å². The average molecular weight is 256 g/mol. The van der Waals surface area contributed by atoms with Crippen molar-refractivity contribution in [2.75, 3.05) is 38.2 Å². The van der Waals surface area contributed by atoms with E-state index in [0.717, 1.165) is 31.9 Å². The van der Waals surface area contributed by atoms with Gasteiger partial charge in [0.05, 0.1) is 0 Å². The molecule has 2 fully saturated rings. The molecule has 0 saturated carbocycles. The van der Waals surface area contributed by atoms with Gasteiger partial charge >= 0.3 is 0 Å². The summed E-state index contributed by atoms with van der Waals surface area (Å²) in [6.07, 6.45) is 5.75. The zero-order chi connectivity index (χ0) is 12.3. The SMILES string of the molecule is CSCC(C)C(=O)N1CCC2(CCNC2)CC1. The van der Waals surface area contributed by atoms with Gasteiger partial charge in [-0.25, -0.2) is 0 Å². The van der Waals surface area contributed by atoms with Crippen LogP contribution in [0.25, 0.3) is 0 Å². The summed E-state index contributed by atoms with van der Waals surface area (Å²) in [5.74, 6) is 1.49. The number of piperidine rings is 1. The van der Waals surface area contributed by atoms with Crippen molar-refractivity contribution in [2.45, 2.75) is 26.2 Å². The first kappa shape index (κ1) is 13.2. The number of rotatable bonds is 3. The molecule has 98 valence electrons. The van der Waals surface area contributed by atoms with Gasteiger partial charge in [-0.15, -0.1) is 0 Å². The molecule has 0 aromatic carbocycles. The molecule has 2 rings (SSSR count). The van der Waals surface area contributed by atoms with Gasteiger partial charge in [-0.3, -0.25) is 4.79 Å². The summed E-state index contributed by atoms with van der Waals surface area (Å²) in [6.45, 7) is 6.32. The number of hydrogen-bond acceptors (Lipinski definition) is 3. The van der Waals surface area contributed by atoms with E-state index in [4.69, 9.17) is 0 Å². The zero-order valence-electron chi connectivity index (χ0n) is 11.0. The van der Waals surface area contributed by atoms with Crippen LogP contribution in [0.3, 0.4) is 0 Å². The Kier molecular flexibility index (Phi) is 4.36. The van der Waals surface area contributed by atoms with E-state index in [1.54, 1.807) is 11.8 Å². The minimum atomic E-state index is 0.181. The van der Waals surface area contributed by atoms with Crippen molar-refractivity contribution in [3.63, 3.8) is 0 Å². The lowest BCUT2D eigenvalue weighted by molar-refractivity contribution is -0.136. The van der Waals surface area contributed by atoms with Gasteiger partial charge < -0.3 is 10.2 Å². The lowest BCUT2D eigenvalue weighted by atomic mass is 9.77. The Morgan fingerprint density at radius 1 is 1.41 bits per heavy atom. The van der Waals surface area contributed by atoms with E-state index in [-0.39, 0.29) is 5.92 Å². The number of thioether (sulfide) groups is 1. The molecule has 1 N–H and O–H groups in total.